The van der Waals surface area contributed by atoms with Crippen LogP contribution in [0.15, 0.2) is 17.5 Å². The summed E-state index contributed by atoms with van der Waals surface area (Å²) in [6.45, 7) is 5.85. The number of hydrogen-bond acceptors (Lipinski definition) is 3. The monoisotopic (exact) mass is 282 g/mol. The molecule has 102 valence electrons. The van der Waals surface area contributed by atoms with Crippen LogP contribution in [-0.4, -0.2) is 4.98 Å². The van der Waals surface area contributed by atoms with Gasteiger partial charge in [0.05, 0.1) is 10.7 Å². The van der Waals surface area contributed by atoms with Crippen molar-refractivity contribution in [2.24, 2.45) is 0 Å². The SMILES string of the molecule is Cc1nc(CNC(C)c2cc(F)c(C)cc2F)cs1. The Bertz CT molecular complexity index is 581. The molecule has 0 aliphatic rings. The molecule has 0 saturated heterocycles. The summed E-state index contributed by atoms with van der Waals surface area (Å²) in [6.07, 6.45) is 0. The van der Waals surface area contributed by atoms with E-state index in [0.29, 0.717) is 17.7 Å². The summed E-state index contributed by atoms with van der Waals surface area (Å²) >= 11 is 1.57. The average molecular weight is 282 g/mol. The van der Waals surface area contributed by atoms with Crippen LogP contribution in [0.3, 0.4) is 0 Å². The maximum Gasteiger partial charge on any atom is 0.128 e. The molecular formula is C14H16F2N2S. The molecule has 19 heavy (non-hydrogen) atoms. The minimum Gasteiger partial charge on any atom is -0.304 e. The summed E-state index contributed by atoms with van der Waals surface area (Å²) in [5.74, 6) is -0.761. The van der Waals surface area contributed by atoms with E-state index in [4.69, 9.17) is 0 Å². The highest BCUT2D eigenvalue weighted by Gasteiger charge is 2.13. The fourth-order valence-electron chi connectivity index (χ4n) is 1.85. The van der Waals surface area contributed by atoms with E-state index in [1.165, 1.54) is 12.1 Å². The molecule has 0 fully saturated rings. The Kier molecular flexibility index (Phi) is 4.27. The first-order valence-corrected chi connectivity index (χ1v) is 6.95. The minimum atomic E-state index is -0.381. The van der Waals surface area contributed by atoms with Crippen LogP contribution in [0.25, 0.3) is 0 Å². The van der Waals surface area contributed by atoms with E-state index in [-0.39, 0.29) is 17.7 Å². The molecule has 2 rings (SSSR count). The first kappa shape index (κ1) is 14.1. The Labute approximate surface area is 115 Å². The summed E-state index contributed by atoms with van der Waals surface area (Å²) < 4.78 is 27.3. The van der Waals surface area contributed by atoms with Gasteiger partial charge >= 0.3 is 0 Å². The molecule has 0 aliphatic heterocycles. The van der Waals surface area contributed by atoms with E-state index in [2.05, 4.69) is 10.3 Å². The smallest absolute Gasteiger partial charge is 0.128 e. The number of hydrogen-bond donors (Lipinski definition) is 1. The van der Waals surface area contributed by atoms with Crippen molar-refractivity contribution in [3.05, 3.63) is 51.0 Å². The van der Waals surface area contributed by atoms with Crippen LogP contribution in [0.1, 0.15) is 34.8 Å². The Morgan fingerprint density at radius 2 is 2.00 bits per heavy atom. The molecule has 0 saturated carbocycles. The Hall–Kier alpha value is -1.33. The van der Waals surface area contributed by atoms with Gasteiger partial charge in [-0.25, -0.2) is 13.8 Å². The number of nitrogens with one attached hydrogen (secondary N) is 1. The van der Waals surface area contributed by atoms with Crippen LogP contribution in [0.2, 0.25) is 0 Å². The molecule has 1 unspecified atom stereocenters. The molecule has 0 amide bonds. The molecule has 1 atom stereocenters. The van der Waals surface area contributed by atoms with Crippen molar-refractivity contribution in [2.75, 3.05) is 0 Å². The van der Waals surface area contributed by atoms with Gasteiger partial charge in [-0.05, 0) is 38.5 Å². The van der Waals surface area contributed by atoms with Crippen molar-refractivity contribution in [3.63, 3.8) is 0 Å². The van der Waals surface area contributed by atoms with E-state index < -0.39 is 0 Å². The van der Waals surface area contributed by atoms with Crippen LogP contribution in [-0.2, 0) is 6.54 Å². The summed E-state index contributed by atoms with van der Waals surface area (Å²) in [6, 6.07) is 2.22. The van der Waals surface area contributed by atoms with Crippen LogP contribution < -0.4 is 5.32 Å². The predicted molar refractivity (Wildman–Crippen MR) is 73.2 cm³/mol. The zero-order valence-corrected chi connectivity index (χ0v) is 11.9. The van der Waals surface area contributed by atoms with Gasteiger partial charge in [0.15, 0.2) is 0 Å². The van der Waals surface area contributed by atoms with Gasteiger partial charge in [0.1, 0.15) is 11.6 Å². The highest BCUT2D eigenvalue weighted by Crippen LogP contribution is 2.21. The Morgan fingerprint density at radius 3 is 2.63 bits per heavy atom. The topological polar surface area (TPSA) is 24.9 Å². The second-order valence-electron chi connectivity index (χ2n) is 4.58. The second kappa shape index (κ2) is 5.75. The largest absolute Gasteiger partial charge is 0.304 e. The lowest BCUT2D eigenvalue weighted by atomic mass is 10.0. The first-order chi connectivity index (χ1) is 8.97. The third-order valence-electron chi connectivity index (χ3n) is 3.00. The van der Waals surface area contributed by atoms with E-state index in [0.717, 1.165) is 10.7 Å². The molecule has 1 aromatic heterocycles. The second-order valence-corrected chi connectivity index (χ2v) is 5.65. The maximum absolute atomic E-state index is 13.8. The summed E-state index contributed by atoms with van der Waals surface area (Å²) in [5.41, 5.74) is 1.58. The van der Waals surface area contributed by atoms with Crippen LogP contribution in [0.5, 0.6) is 0 Å². The third kappa shape index (κ3) is 3.36. The molecule has 5 heteroatoms. The lowest BCUT2D eigenvalue weighted by Crippen LogP contribution is -2.19. The standard InChI is InChI=1S/C14H16F2N2S/c1-8-4-14(16)12(5-13(8)15)9(2)17-6-11-7-19-10(3)18-11/h4-5,7,9,17H,6H2,1-3H3. The molecule has 0 aliphatic carbocycles. The lowest BCUT2D eigenvalue weighted by molar-refractivity contribution is 0.514. The van der Waals surface area contributed by atoms with E-state index in [1.807, 2.05) is 19.2 Å². The van der Waals surface area contributed by atoms with Crippen molar-refractivity contribution in [1.82, 2.24) is 10.3 Å². The number of thiazole rings is 1. The molecule has 1 aromatic carbocycles. The molecule has 0 bridgehead atoms. The van der Waals surface area contributed by atoms with Gasteiger partial charge in [-0.1, -0.05) is 0 Å². The van der Waals surface area contributed by atoms with Gasteiger partial charge in [0.25, 0.3) is 0 Å². The van der Waals surface area contributed by atoms with Crippen molar-refractivity contribution in [1.29, 1.82) is 0 Å². The van der Waals surface area contributed by atoms with E-state index >= 15 is 0 Å². The maximum atomic E-state index is 13.8. The fourth-order valence-corrected chi connectivity index (χ4v) is 2.46. The molecule has 2 nitrogen and oxygen atoms in total. The van der Waals surface area contributed by atoms with E-state index in [1.54, 1.807) is 18.3 Å². The van der Waals surface area contributed by atoms with Crippen molar-refractivity contribution < 1.29 is 8.78 Å². The number of aryl methyl sites for hydroxylation is 2. The van der Waals surface area contributed by atoms with Gasteiger partial charge in [0, 0.05) is 23.5 Å². The zero-order chi connectivity index (χ0) is 14.0. The molecule has 1 N–H and O–H groups in total. The highest BCUT2D eigenvalue weighted by atomic mass is 32.1. The van der Waals surface area contributed by atoms with Gasteiger partial charge in [0.2, 0.25) is 0 Å². The quantitative estimate of drug-likeness (QED) is 0.920. The number of nitrogens with zero attached hydrogens (tertiary/aromatic N) is 1. The van der Waals surface area contributed by atoms with Crippen LogP contribution in [0.4, 0.5) is 8.78 Å². The highest BCUT2D eigenvalue weighted by molar-refractivity contribution is 7.09. The summed E-state index contributed by atoms with van der Waals surface area (Å²) in [5, 5.41) is 6.11. The zero-order valence-electron chi connectivity index (χ0n) is 11.1. The van der Waals surface area contributed by atoms with Crippen molar-refractivity contribution in [3.8, 4) is 0 Å². The van der Waals surface area contributed by atoms with Gasteiger partial charge < -0.3 is 5.32 Å². The van der Waals surface area contributed by atoms with Crippen LogP contribution in [0, 0.1) is 25.5 Å². The molecule has 1 heterocycles. The first-order valence-electron chi connectivity index (χ1n) is 6.07. The normalized spacial score (nSPS) is 12.7. The minimum absolute atomic E-state index is 0.267. The van der Waals surface area contributed by atoms with Crippen molar-refractivity contribution >= 4 is 11.3 Å². The number of aromatic nitrogens is 1. The molecule has 2 aromatic rings. The average Bonchev–Trinajstić information content (AvgIpc) is 2.77. The lowest BCUT2D eigenvalue weighted by Gasteiger charge is -2.15. The Balaban J connectivity index is 2.07. The van der Waals surface area contributed by atoms with E-state index in [9.17, 15) is 8.78 Å². The van der Waals surface area contributed by atoms with Crippen LogP contribution >= 0.6 is 11.3 Å². The fraction of sp³-hybridized carbons (Fsp3) is 0.357. The van der Waals surface area contributed by atoms with Gasteiger partial charge in [-0.2, -0.15) is 0 Å². The number of halogens is 2. The predicted octanol–water partition coefficient (Wildman–Crippen LogP) is 3.89. The molecule has 0 spiro atoms. The molecule has 0 radical (unpaired) electrons. The number of benzene rings is 1. The molecular weight excluding hydrogens is 266 g/mol. The van der Waals surface area contributed by atoms with Crippen molar-refractivity contribution in [2.45, 2.75) is 33.4 Å². The Morgan fingerprint density at radius 1 is 1.26 bits per heavy atom. The van der Waals surface area contributed by atoms with Gasteiger partial charge in [-0.15, -0.1) is 11.3 Å². The summed E-state index contributed by atoms with van der Waals surface area (Å²) in [7, 11) is 0. The summed E-state index contributed by atoms with van der Waals surface area (Å²) in [4.78, 5) is 4.32. The number of rotatable bonds is 4. The van der Waals surface area contributed by atoms with Gasteiger partial charge in [-0.3, -0.25) is 0 Å². The third-order valence-corrected chi connectivity index (χ3v) is 3.82.